The van der Waals surface area contributed by atoms with Crippen molar-refractivity contribution in [2.45, 2.75) is 20.3 Å². The third-order valence-electron chi connectivity index (χ3n) is 2.14. The molecule has 1 aromatic carbocycles. The number of carbonyl (C=O) groups is 2. The van der Waals surface area contributed by atoms with Crippen molar-refractivity contribution in [1.29, 1.82) is 0 Å². The van der Waals surface area contributed by atoms with Gasteiger partial charge in [0.2, 0.25) is 5.91 Å². The maximum Gasteiger partial charge on any atom is 0.338 e. The van der Waals surface area contributed by atoms with Crippen LogP contribution in [0.15, 0.2) is 36.4 Å². The van der Waals surface area contributed by atoms with E-state index in [9.17, 15) is 9.59 Å². The van der Waals surface area contributed by atoms with Gasteiger partial charge in [-0.05, 0) is 43.7 Å². The normalized spacial score (nSPS) is 10.3. The van der Waals surface area contributed by atoms with Crippen molar-refractivity contribution in [2.75, 3.05) is 11.9 Å². The Labute approximate surface area is 107 Å². The summed E-state index contributed by atoms with van der Waals surface area (Å²) in [7, 11) is 0. The van der Waals surface area contributed by atoms with Crippen molar-refractivity contribution in [2.24, 2.45) is 0 Å². The first kappa shape index (κ1) is 14.0. The predicted molar refractivity (Wildman–Crippen MR) is 70.5 cm³/mol. The number of esters is 1. The van der Waals surface area contributed by atoms with Crippen molar-refractivity contribution < 1.29 is 14.3 Å². The van der Waals surface area contributed by atoms with E-state index in [4.69, 9.17) is 4.74 Å². The number of benzene rings is 1. The van der Waals surface area contributed by atoms with E-state index in [2.05, 4.69) is 5.32 Å². The molecule has 0 saturated heterocycles. The predicted octanol–water partition coefficient (Wildman–Crippen LogP) is 2.77. The fourth-order valence-corrected chi connectivity index (χ4v) is 1.30. The topological polar surface area (TPSA) is 55.4 Å². The van der Waals surface area contributed by atoms with Crippen LogP contribution in [0.5, 0.6) is 0 Å². The molecule has 0 atom stereocenters. The molecular weight excluding hydrogens is 230 g/mol. The zero-order chi connectivity index (χ0) is 13.4. The molecule has 1 rings (SSSR count). The Morgan fingerprint density at radius 3 is 2.50 bits per heavy atom. The van der Waals surface area contributed by atoms with Crippen LogP contribution in [0, 0.1) is 0 Å². The number of rotatable bonds is 5. The van der Waals surface area contributed by atoms with Crippen LogP contribution in [-0.2, 0) is 9.53 Å². The molecule has 96 valence electrons. The molecule has 1 N–H and O–H groups in total. The lowest BCUT2D eigenvalue weighted by Gasteiger charge is -2.05. The van der Waals surface area contributed by atoms with Crippen LogP contribution in [0.1, 0.15) is 30.6 Å². The summed E-state index contributed by atoms with van der Waals surface area (Å²) in [6, 6.07) is 6.60. The van der Waals surface area contributed by atoms with E-state index >= 15 is 0 Å². The number of allylic oxidation sites excluding steroid dienone is 1. The number of hydrogen-bond donors (Lipinski definition) is 1. The third kappa shape index (κ3) is 4.41. The average Bonchev–Trinajstić information content (AvgIpc) is 2.37. The molecule has 0 heterocycles. The standard InChI is InChI=1S/C14H17NO3/c1-3-5-13(16)15-12-8-6-11(7-9-12)14(17)18-10-4-2/h3,5-9H,4,10H2,1-2H3,(H,15,16)/b5-3-. The van der Waals surface area contributed by atoms with Gasteiger partial charge < -0.3 is 10.1 Å². The van der Waals surface area contributed by atoms with Crippen molar-refractivity contribution in [1.82, 2.24) is 0 Å². The molecule has 0 saturated carbocycles. The van der Waals surface area contributed by atoms with Crippen molar-refractivity contribution in [3.63, 3.8) is 0 Å². The zero-order valence-corrected chi connectivity index (χ0v) is 10.6. The molecule has 0 aliphatic heterocycles. The van der Waals surface area contributed by atoms with Crippen LogP contribution in [0.25, 0.3) is 0 Å². The summed E-state index contributed by atoms with van der Waals surface area (Å²) in [5.74, 6) is -0.540. The van der Waals surface area contributed by atoms with Gasteiger partial charge in [-0.1, -0.05) is 13.0 Å². The lowest BCUT2D eigenvalue weighted by molar-refractivity contribution is -0.111. The van der Waals surface area contributed by atoms with Crippen molar-refractivity contribution >= 4 is 17.6 Å². The second kappa shape index (κ2) is 7.27. The summed E-state index contributed by atoms with van der Waals surface area (Å²) in [6.45, 7) is 4.12. The van der Waals surface area contributed by atoms with Gasteiger partial charge in [-0.15, -0.1) is 0 Å². The van der Waals surface area contributed by atoms with Crippen LogP contribution in [-0.4, -0.2) is 18.5 Å². The molecule has 1 aromatic rings. The minimum Gasteiger partial charge on any atom is -0.462 e. The largest absolute Gasteiger partial charge is 0.462 e. The Balaban J connectivity index is 2.62. The maximum atomic E-state index is 11.5. The lowest BCUT2D eigenvalue weighted by atomic mass is 10.2. The Kier molecular flexibility index (Phi) is 5.64. The minimum absolute atomic E-state index is 0.196. The Hall–Kier alpha value is -2.10. The first-order chi connectivity index (χ1) is 8.67. The van der Waals surface area contributed by atoms with E-state index in [1.54, 1.807) is 37.3 Å². The summed E-state index contributed by atoms with van der Waals surface area (Å²) < 4.78 is 5.00. The number of hydrogen-bond acceptors (Lipinski definition) is 3. The SMILES string of the molecule is C/C=C\C(=O)Nc1ccc(C(=O)OCCC)cc1. The molecule has 1 amide bonds. The van der Waals surface area contributed by atoms with E-state index in [0.717, 1.165) is 6.42 Å². The molecule has 0 aromatic heterocycles. The Bertz CT molecular complexity index is 435. The molecular formula is C14H17NO3. The number of carbonyl (C=O) groups excluding carboxylic acids is 2. The minimum atomic E-state index is -0.344. The fourth-order valence-electron chi connectivity index (χ4n) is 1.30. The monoisotopic (exact) mass is 247 g/mol. The van der Waals surface area contributed by atoms with Gasteiger partial charge in [0.05, 0.1) is 12.2 Å². The first-order valence-corrected chi connectivity index (χ1v) is 5.88. The Morgan fingerprint density at radius 2 is 1.94 bits per heavy atom. The molecule has 4 nitrogen and oxygen atoms in total. The average molecular weight is 247 g/mol. The molecule has 0 unspecified atom stereocenters. The maximum absolute atomic E-state index is 11.5. The van der Waals surface area contributed by atoms with E-state index in [1.807, 2.05) is 6.92 Å². The summed E-state index contributed by atoms with van der Waals surface area (Å²) in [6.07, 6.45) is 3.89. The molecule has 18 heavy (non-hydrogen) atoms. The molecule has 0 aliphatic rings. The fraction of sp³-hybridized carbons (Fsp3) is 0.286. The van der Waals surface area contributed by atoms with E-state index in [1.165, 1.54) is 6.08 Å². The van der Waals surface area contributed by atoms with Crippen LogP contribution < -0.4 is 5.32 Å². The van der Waals surface area contributed by atoms with Gasteiger partial charge in [-0.25, -0.2) is 4.79 Å². The second-order valence-electron chi connectivity index (χ2n) is 3.70. The highest BCUT2D eigenvalue weighted by atomic mass is 16.5. The van der Waals surface area contributed by atoms with E-state index in [-0.39, 0.29) is 11.9 Å². The quantitative estimate of drug-likeness (QED) is 0.643. The van der Waals surface area contributed by atoms with Crippen molar-refractivity contribution in [3.8, 4) is 0 Å². The highest BCUT2D eigenvalue weighted by molar-refractivity contribution is 5.99. The molecule has 4 heteroatoms. The summed E-state index contributed by atoms with van der Waals surface area (Å²) in [5.41, 5.74) is 1.12. The van der Waals surface area contributed by atoms with E-state index in [0.29, 0.717) is 17.9 Å². The van der Waals surface area contributed by atoms with Crippen LogP contribution in [0.3, 0.4) is 0 Å². The van der Waals surface area contributed by atoms with E-state index < -0.39 is 0 Å². The highest BCUT2D eigenvalue weighted by Gasteiger charge is 2.06. The highest BCUT2D eigenvalue weighted by Crippen LogP contribution is 2.10. The Morgan fingerprint density at radius 1 is 1.28 bits per heavy atom. The summed E-state index contributed by atoms with van der Waals surface area (Å²) >= 11 is 0. The van der Waals surface area contributed by atoms with Crippen LogP contribution in [0.4, 0.5) is 5.69 Å². The number of nitrogens with one attached hydrogen (secondary N) is 1. The lowest BCUT2D eigenvalue weighted by Crippen LogP contribution is -2.09. The van der Waals surface area contributed by atoms with Gasteiger partial charge in [0.1, 0.15) is 0 Å². The van der Waals surface area contributed by atoms with Gasteiger partial charge >= 0.3 is 5.97 Å². The van der Waals surface area contributed by atoms with Gasteiger partial charge in [-0.3, -0.25) is 4.79 Å². The molecule has 0 fully saturated rings. The third-order valence-corrected chi connectivity index (χ3v) is 2.14. The van der Waals surface area contributed by atoms with Gasteiger partial charge in [0.15, 0.2) is 0 Å². The van der Waals surface area contributed by atoms with Gasteiger partial charge in [0.25, 0.3) is 0 Å². The van der Waals surface area contributed by atoms with Crippen molar-refractivity contribution in [3.05, 3.63) is 42.0 Å². The number of amides is 1. The van der Waals surface area contributed by atoms with Crippen LogP contribution in [0.2, 0.25) is 0 Å². The number of ether oxygens (including phenoxy) is 1. The van der Waals surface area contributed by atoms with Gasteiger partial charge in [0, 0.05) is 5.69 Å². The molecule has 0 radical (unpaired) electrons. The molecule has 0 bridgehead atoms. The van der Waals surface area contributed by atoms with Crippen LogP contribution >= 0.6 is 0 Å². The number of anilines is 1. The summed E-state index contributed by atoms with van der Waals surface area (Å²) in [4.78, 5) is 22.8. The zero-order valence-electron chi connectivity index (χ0n) is 10.6. The smallest absolute Gasteiger partial charge is 0.338 e. The summed E-state index contributed by atoms with van der Waals surface area (Å²) in [5, 5.41) is 2.67. The molecule has 0 aliphatic carbocycles. The second-order valence-corrected chi connectivity index (χ2v) is 3.70. The molecule has 0 spiro atoms. The van der Waals surface area contributed by atoms with Gasteiger partial charge in [-0.2, -0.15) is 0 Å². The first-order valence-electron chi connectivity index (χ1n) is 5.88.